The molecule has 0 aliphatic carbocycles. The molecule has 0 saturated carbocycles. The Hall–Kier alpha value is -7.41. The number of rotatable bonds is 5. The van der Waals surface area contributed by atoms with Crippen molar-refractivity contribution in [2.45, 2.75) is 0 Å². The van der Waals surface area contributed by atoms with E-state index >= 15 is 0 Å². The van der Waals surface area contributed by atoms with E-state index in [1.54, 1.807) is 0 Å². The molecule has 0 saturated heterocycles. The number of benzene rings is 8. The van der Waals surface area contributed by atoms with E-state index in [0.717, 1.165) is 44.3 Å². The van der Waals surface area contributed by atoms with Crippen molar-refractivity contribution in [1.82, 2.24) is 19.5 Å². The fourth-order valence-electron chi connectivity index (χ4n) is 8.50. The average Bonchev–Trinajstić information content (AvgIpc) is 3.96. The summed E-state index contributed by atoms with van der Waals surface area (Å²) in [6.07, 6.45) is 0. The van der Waals surface area contributed by atoms with Gasteiger partial charge in [0.25, 0.3) is 0 Å². The number of hydrogen-bond acceptors (Lipinski definition) is 5. The van der Waals surface area contributed by atoms with Gasteiger partial charge in [-0.1, -0.05) is 109 Å². The number of fused-ring (bicyclic) bond motifs is 9. The van der Waals surface area contributed by atoms with Gasteiger partial charge in [0.15, 0.2) is 17.5 Å². The maximum atomic E-state index is 6.15. The van der Waals surface area contributed by atoms with Crippen molar-refractivity contribution in [2.75, 3.05) is 0 Å². The molecule has 0 amide bonds. The van der Waals surface area contributed by atoms with Gasteiger partial charge in [-0.25, -0.2) is 15.0 Å². The molecule has 5 nitrogen and oxygen atoms in total. The lowest BCUT2D eigenvalue weighted by Gasteiger charge is -2.10. The SMILES string of the molecule is c1ccc(-c2nc(-c3ccc4oc5ccccc5c4c3)nc(-c3ccc4sc5cccc(-c6cccc7c6c6ccccc6n7-c6ccccc6)c5c4c3)n2)cc1. The third-order valence-electron chi connectivity index (χ3n) is 11.1. The zero-order chi connectivity index (χ0) is 37.5. The number of thiophene rings is 1. The molecule has 12 rings (SSSR count). The standard InChI is InChI=1S/C51H30N4OS/c1-3-13-31(14-4-1)49-52-50(32-25-27-44-39(29-32)35-17-8-10-23-43(35)56-44)54-51(53-49)33-26-28-45-40(30-33)48-37(20-12-24-46(48)57-45)36-19-11-22-42-47(36)38-18-7-9-21-41(38)55(42)34-15-5-2-6-16-34/h1-30H. The molecule has 4 heterocycles. The van der Waals surface area contributed by atoms with Crippen LogP contribution in [0.1, 0.15) is 0 Å². The summed E-state index contributed by atoms with van der Waals surface area (Å²) in [6, 6.07) is 63.9. The molecule has 0 bridgehead atoms. The van der Waals surface area contributed by atoms with E-state index < -0.39 is 0 Å². The van der Waals surface area contributed by atoms with Crippen molar-refractivity contribution in [3.63, 3.8) is 0 Å². The minimum Gasteiger partial charge on any atom is -0.456 e. The second kappa shape index (κ2) is 12.6. The van der Waals surface area contributed by atoms with Crippen molar-refractivity contribution < 1.29 is 4.42 Å². The van der Waals surface area contributed by atoms with Crippen LogP contribution in [0.3, 0.4) is 0 Å². The van der Waals surface area contributed by atoms with Crippen LogP contribution in [0.15, 0.2) is 186 Å². The smallest absolute Gasteiger partial charge is 0.164 e. The Morgan fingerprint density at radius 1 is 0.386 bits per heavy atom. The fourth-order valence-corrected chi connectivity index (χ4v) is 9.62. The van der Waals surface area contributed by atoms with Gasteiger partial charge in [0.2, 0.25) is 0 Å². The Kier molecular flexibility index (Phi) is 7.03. The Bertz CT molecular complexity index is 3530. The molecule has 0 atom stereocenters. The summed E-state index contributed by atoms with van der Waals surface area (Å²) >= 11 is 1.82. The maximum absolute atomic E-state index is 6.15. The van der Waals surface area contributed by atoms with Crippen LogP contribution in [-0.4, -0.2) is 19.5 Å². The molecule has 6 heteroatoms. The topological polar surface area (TPSA) is 56.7 Å². The number of hydrogen-bond donors (Lipinski definition) is 0. The van der Waals surface area contributed by atoms with Crippen LogP contribution in [0, 0.1) is 0 Å². The third-order valence-corrected chi connectivity index (χ3v) is 12.2. The molecule has 4 aromatic heterocycles. The summed E-state index contributed by atoms with van der Waals surface area (Å²) in [7, 11) is 0. The van der Waals surface area contributed by atoms with Gasteiger partial charge in [0, 0.05) is 64.1 Å². The first kappa shape index (κ1) is 31.9. The van der Waals surface area contributed by atoms with E-state index in [9.17, 15) is 0 Å². The fraction of sp³-hybridized carbons (Fsp3) is 0. The molecule has 0 aliphatic heterocycles. The molecule has 0 N–H and O–H groups in total. The molecule has 0 aliphatic rings. The zero-order valence-corrected chi connectivity index (χ0v) is 31.2. The van der Waals surface area contributed by atoms with Gasteiger partial charge in [-0.15, -0.1) is 11.3 Å². The number of aromatic nitrogens is 4. The lowest BCUT2D eigenvalue weighted by atomic mass is 9.95. The van der Waals surface area contributed by atoms with Crippen molar-refractivity contribution in [3.05, 3.63) is 182 Å². The Balaban J connectivity index is 1.07. The van der Waals surface area contributed by atoms with Crippen LogP contribution in [0.5, 0.6) is 0 Å². The zero-order valence-electron chi connectivity index (χ0n) is 30.4. The van der Waals surface area contributed by atoms with Crippen molar-refractivity contribution >= 4 is 75.3 Å². The predicted octanol–water partition coefficient (Wildman–Crippen LogP) is 13.9. The maximum Gasteiger partial charge on any atom is 0.164 e. The lowest BCUT2D eigenvalue weighted by Crippen LogP contribution is -2.00. The van der Waals surface area contributed by atoms with Crippen molar-refractivity contribution in [1.29, 1.82) is 0 Å². The van der Waals surface area contributed by atoms with Crippen LogP contribution in [-0.2, 0) is 0 Å². The van der Waals surface area contributed by atoms with E-state index in [0.29, 0.717) is 17.5 Å². The highest BCUT2D eigenvalue weighted by molar-refractivity contribution is 7.26. The normalized spacial score (nSPS) is 11.9. The first-order valence-electron chi connectivity index (χ1n) is 19.0. The Labute approximate surface area is 330 Å². The van der Waals surface area contributed by atoms with Crippen molar-refractivity contribution in [2.24, 2.45) is 0 Å². The first-order valence-corrected chi connectivity index (χ1v) is 19.8. The second-order valence-electron chi connectivity index (χ2n) is 14.4. The molecule has 0 unspecified atom stereocenters. The molecule has 0 spiro atoms. The van der Waals surface area contributed by atoms with Gasteiger partial charge in [0.05, 0.1) is 11.0 Å². The number of furan rings is 1. The summed E-state index contributed by atoms with van der Waals surface area (Å²) in [5.41, 5.74) is 10.4. The van der Waals surface area contributed by atoms with E-state index in [2.05, 4.69) is 126 Å². The van der Waals surface area contributed by atoms with E-state index in [4.69, 9.17) is 19.4 Å². The Morgan fingerprint density at radius 2 is 0.982 bits per heavy atom. The highest BCUT2D eigenvalue weighted by Gasteiger charge is 2.20. The van der Waals surface area contributed by atoms with Gasteiger partial charge in [-0.05, 0) is 83.9 Å². The van der Waals surface area contributed by atoms with Crippen LogP contribution in [0.2, 0.25) is 0 Å². The van der Waals surface area contributed by atoms with Crippen LogP contribution in [0.25, 0.3) is 115 Å². The monoisotopic (exact) mass is 746 g/mol. The second-order valence-corrected chi connectivity index (χ2v) is 15.4. The van der Waals surface area contributed by atoms with E-state index in [1.807, 2.05) is 72.0 Å². The molecule has 12 aromatic rings. The van der Waals surface area contributed by atoms with Crippen molar-refractivity contribution in [3.8, 4) is 51.0 Å². The molecular weight excluding hydrogens is 717 g/mol. The largest absolute Gasteiger partial charge is 0.456 e. The molecule has 0 fully saturated rings. The van der Waals surface area contributed by atoms with Gasteiger partial charge < -0.3 is 8.98 Å². The molecule has 57 heavy (non-hydrogen) atoms. The van der Waals surface area contributed by atoms with Gasteiger partial charge >= 0.3 is 0 Å². The minimum atomic E-state index is 0.614. The van der Waals surface area contributed by atoms with Crippen LogP contribution < -0.4 is 0 Å². The Morgan fingerprint density at radius 3 is 1.79 bits per heavy atom. The quantitative estimate of drug-likeness (QED) is 0.176. The molecule has 0 radical (unpaired) electrons. The summed E-state index contributed by atoms with van der Waals surface area (Å²) in [5.74, 6) is 1.87. The van der Waals surface area contributed by atoms with E-state index in [1.165, 1.54) is 53.1 Å². The number of nitrogens with zero attached hydrogens (tertiary/aromatic N) is 4. The summed E-state index contributed by atoms with van der Waals surface area (Å²) in [5, 5.41) is 7.00. The van der Waals surface area contributed by atoms with E-state index in [-0.39, 0.29) is 0 Å². The summed E-state index contributed by atoms with van der Waals surface area (Å²) in [4.78, 5) is 15.3. The highest BCUT2D eigenvalue weighted by Crippen LogP contribution is 2.45. The van der Waals surface area contributed by atoms with Gasteiger partial charge in [-0.3, -0.25) is 0 Å². The third kappa shape index (κ3) is 5.04. The van der Waals surface area contributed by atoms with Crippen LogP contribution >= 0.6 is 11.3 Å². The average molecular weight is 747 g/mol. The summed E-state index contributed by atoms with van der Waals surface area (Å²) in [6.45, 7) is 0. The highest BCUT2D eigenvalue weighted by atomic mass is 32.1. The predicted molar refractivity (Wildman–Crippen MR) is 236 cm³/mol. The molecule has 266 valence electrons. The molecular formula is C51H30N4OS. The van der Waals surface area contributed by atoms with Crippen LogP contribution in [0.4, 0.5) is 0 Å². The number of para-hydroxylation sites is 3. The van der Waals surface area contributed by atoms with Gasteiger partial charge in [-0.2, -0.15) is 0 Å². The molecule has 8 aromatic carbocycles. The summed E-state index contributed by atoms with van der Waals surface area (Å²) < 4.78 is 11.0. The lowest BCUT2D eigenvalue weighted by molar-refractivity contribution is 0.669. The van der Waals surface area contributed by atoms with Gasteiger partial charge in [0.1, 0.15) is 11.2 Å². The minimum absolute atomic E-state index is 0.614. The first-order chi connectivity index (χ1) is 28.2.